The van der Waals surface area contributed by atoms with Crippen LogP contribution in [0.1, 0.15) is 59.6 Å². The van der Waals surface area contributed by atoms with Crippen molar-refractivity contribution in [1.82, 2.24) is 5.32 Å². The number of rotatable bonds is 1. The van der Waals surface area contributed by atoms with Crippen molar-refractivity contribution in [2.24, 2.45) is 5.92 Å². The lowest BCUT2D eigenvalue weighted by molar-refractivity contribution is 0.0940. The van der Waals surface area contributed by atoms with E-state index in [0.29, 0.717) is 5.92 Å². The van der Waals surface area contributed by atoms with Crippen LogP contribution in [0.3, 0.4) is 0 Å². The average Bonchev–Trinajstić information content (AvgIpc) is 2.69. The maximum Gasteiger partial charge on any atom is 0.252 e. The zero-order valence-corrected chi connectivity index (χ0v) is 10.3. The number of aryl methyl sites for hydroxylation is 1. The summed E-state index contributed by atoms with van der Waals surface area (Å²) in [5, 5.41) is 3.19. The first kappa shape index (κ1) is 10.8. The Balaban J connectivity index is 1.95. The van der Waals surface area contributed by atoms with Crippen LogP contribution in [0.2, 0.25) is 0 Å². The van der Waals surface area contributed by atoms with Gasteiger partial charge in [-0.05, 0) is 36.8 Å². The van der Waals surface area contributed by atoms with E-state index in [-0.39, 0.29) is 11.9 Å². The third-order valence-corrected chi connectivity index (χ3v) is 4.27. The molecule has 1 aromatic rings. The predicted molar refractivity (Wildman–Crippen MR) is 68.0 cm³/mol. The quantitative estimate of drug-likeness (QED) is 0.786. The van der Waals surface area contributed by atoms with Crippen LogP contribution >= 0.6 is 0 Å². The summed E-state index contributed by atoms with van der Waals surface area (Å²) in [6.07, 6.45) is 6.52. The second kappa shape index (κ2) is 4.17. The van der Waals surface area contributed by atoms with Gasteiger partial charge in [-0.1, -0.05) is 37.5 Å². The largest absolute Gasteiger partial charge is 0.345 e. The molecule has 1 aliphatic carbocycles. The molecule has 1 aliphatic heterocycles. The van der Waals surface area contributed by atoms with Gasteiger partial charge < -0.3 is 5.32 Å². The van der Waals surface area contributed by atoms with Gasteiger partial charge in [0, 0.05) is 5.56 Å². The van der Waals surface area contributed by atoms with Crippen LogP contribution < -0.4 is 5.32 Å². The van der Waals surface area contributed by atoms with Crippen molar-refractivity contribution >= 4 is 5.91 Å². The van der Waals surface area contributed by atoms with Crippen molar-refractivity contribution in [1.29, 1.82) is 0 Å². The summed E-state index contributed by atoms with van der Waals surface area (Å²) in [5.74, 6) is 0.782. The fourth-order valence-corrected chi connectivity index (χ4v) is 3.39. The third-order valence-electron chi connectivity index (χ3n) is 4.27. The Labute approximate surface area is 102 Å². The Hall–Kier alpha value is -1.31. The third kappa shape index (κ3) is 1.76. The molecule has 2 aliphatic rings. The highest BCUT2D eigenvalue weighted by Crippen LogP contribution is 2.39. The maximum atomic E-state index is 12.0. The lowest BCUT2D eigenvalue weighted by Crippen LogP contribution is -2.27. The van der Waals surface area contributed by atoms with Crippen molar-refractivity contribution in [2.45, 2.75) is 45.1 Å². The monoisotopic (exact) mass is 229 g/mol. The Morgan fingerprint density at radius 1 is 1.18 bits per heavy atom. The van der Waals surface area contributed by atoms with E-state index < -0.39 is 0 Å². The molecule has 0 spiro atoms. The molecule has 1 aromatic carbocycles. The van der Waals surface area contributed by atoms with Crippen molar-refractivity contribution in [3.8, 4) is 0 Å². The van der Waals surface area contributed by atoms with Gasteiger partial charge in [0.15, 0.2) is 0 Å². The molecular formula is C15H19NO. The SMILES string of the molecule is Cc1cccc2c1C(=O)NC2C1CCCCC1. The molecule has 1 heterocycles. The highest BCUT2D eigenvalue weighted by atomic mass is 16.2. The minimum atomic E-state index is 0.133. The molecule has 1 saturated carbocycles. The molecule has 0 radical (unpaired) electrons. The summed E-state index contributed by atoms with van der Waals surface area (Å²) < 4.78 is 0. The van der Waals surface area contributed by atoms with Gasteiger partial charge in [-0.3, -0.25) is 4.79 Å². The van der Waals surface area contributed by atoms with Crippen LogP contribution in [0.5, 0.6) is 0 Å². The van der Waals surface area contributed by atoms with Crippen molar-refractivity contribution in [2.75, 3.05) is 0 Å². The zero-order chi connectivity index (χ0) is 11.8. The van der Waals surface area contributed by atoms with Gasteiger partial charge in [0.05, 0.1) is 6.04 Å². The van der Waals surface area contributed by atoms with Crippen LogP contribution in [0, 0.1) is 12.8 Å². The van der Waals surface area contributed by atoms with Crippen LogP contribution in [0.15, 0.2) is 18.2 Å². The Bertz CT molecular complexity index is 446. The summed E-state index contributed by atoms with van der Waals surface area (Å²) in [5.41, 5.74) is 3.28. The summed E-state index contributed by atoms with van der Waals surface area (Å²) in [7, 11) is 0. The van der Waals surface area contributed by atoms with E-state index in [2.05, 4.69) is 17.4 Å². The molecule has 3 rings (SSSR count). The smallest absolute Gasteiger partial charge is 0.252 e. The normalized spacial score (nSPS) is 24.5. The van der Waals surface area contributed by atoms with Gasteiger partial charge in [-0.15, -0.1) is 0 Å². The van der Waals surface area contributed by atoms with Crippen LogP contribution in [-0.4, -0.2) is 5.91 Å². The molecule has 1 atom stereocenters. The molecule has 1 unspecified atom stereocenters. The fourth-order valence-electron chi connectivity index (χ4n) is 3.39. The number of amides is 1. The maximum absolute atomic E-state index is 12.0. The van der Waals surface area contributed by atoms with Crippen molar-refractivity contribution in [3.05, 3.63) is 34.9 Å². The van der Waals surface area contributed by atoms with E-state index in [9.17, 15) is 4.79 Å². The van der Waals surface area contributed by atoms with E-state index in [1.807, 2.05) is 13.0 Å². The van der Waals surface area contributed by atoms with E-state index in [1.165, 1.54) is 37.7 Å². The lowest BCUT2D eigenvalue weighted by Gasteiger charge is -2.27. The molecule has 0 aromatic heterocycles. The number of hydrogen-bond donors (Lipinski definition) is 1. The topological polar surface area (TPSA) is 29.1 Å². The lowest BCUT2D eigenvalue weighted by atomic mass is 9.81. The van der Waals surface area contributed by atoms with Crippen molar-refractivity contribution < 1.29 is 4.79 Å². The van der Waals surface area contributed by atoms with E-state index in [0.717, 1.165) is 11.1 Å². The van der Waals surface area contributed by atoms with Gasteiger partial charge in [0.25, 0.3) is 5.91 Å². The number of carbonyl (C=O) groups excluding carboxylic acids is 1. The Kier molecular flexibility index (Phi) is 2.65. The van der Waals surface area contributed by atoms with Gasteiger partial charge >= 0.3 is 0 Å². The molecule has 1 fully saturated rings. The first-order chi connectivity index (χ1) is 8.27. The second-order valence-electron chi connectivity index (χ2n) is 5.39. The first-order valence-corrected chi connectivity index (χ1v) is 6.68. The number of carbonyl (C=O) groups is 1. The van der Waals surface area contributed by atoms with Crippen LogP contribution in [0.4, 0.5) is 0 Å². The summed E-state index contributed by atoms with van der Waals surface area (Å²) >= 11 is 0. The molecule has 0 saturated heterocycles. The summed E-state index contributed by atoms with van der Waals surface area (Å²) in [4.78, 5) is 12.0. The molecule has 0 bridgehead atoms. The van der Waals surface area contributed by atoms with Crippen molar-refractivity contribution in [3.63, 3.8) is 0 Å². The zero-order valence-electron chi connectivity index (χ0n) is 10.3. The molecule has 1 N–H and O–H groups in total. The number of hydrogen-bond acceptors (Lipinski definition) is 1. The number of nitrogens with one attached hydrogen (secondary N) is 1. The average molecular weight is 229 g/mol. The highest BCUT2D eigenvalue weighted by molar-refractivity contribution is 6.00. The minimum absolute atomic E-state index is 0.133. The van der Waals surface area contributed by atoms with E-state index in [4.69, 9.17) is 0 Å². The molecule has 1 amide bonds. The van der Waals surface area contributed by atoms with Gasteiger partial charge in [-0.25, -0.2) is 0 Å². The van der Waals surface area contributed by atoms with Crippen LogP contribution in [0.25, 0.3) is 0 Å². The molecule has 2 nitrogen and oxygen atoms in total. The Morgan fingerprint density at radius 2 is 1.94 bits per heavy atom. The van der Waals surface area contributed by atoms with Gasteiger partial charge in [-0.2, -0.15) is 0 Å². The second-order valence-corrected chi connectivity index (χ2v) is 5.39. The van der Waals surface area contributed by atoms with E-state index in [1.54, 1.807) is 0 Å². The molecule has 2 heteroatoms. The molecule has 17 heavy (non-hydrogen) atoms. The predicted octanol–water partition coefficient (Wildman–Crippen LogP) is 3.36. The summed E-state index contributed by atoms with van der Waals surface area (Å²) in [6, 6.07) is 6.50. The van der Waals surface area contributed by atoms with Gasteiger partial charge in [0.2, 0.25) is 0 Å². The first-order valence-electron chi connectivity index (χ1n) is 6.68. The number of fused-ring (bicyclic) bond motifs is 1. The highest BCUT2D eigenvalue weighted by Gasteiger charge is 2.35. The fraction of sp³-hybridized carbons (Fsp3) is 0.533. The standard InChI is InChI=1S/C15H19NO/c1-10-6-5-9-12-13(10)15(17)16-14(12)11-7-3-2-4-8-11/h5-6,9,11,14H,2-4,7-8H2,1H3,(H,16,17). The molecule has 90 valence electrons. The summed E-state index contributed by atoms with van der Waals surface area (Å²) in [6.45, 7) is 2.03. The Morgan fingerprint density at radius 3 is 2.71 bits per heavy atom. The van der Waals surface area contributed by atoms with E-state index >= 15 is 0 Å². The van der Waals surface area contributed by atoms with Crippen LogP contribution in [-0.2, 0) is 0 Å². The van der Waals surface area contributed by atoms with Gasteiger partial charge in [0.1, 0.15) is 0 Å². The number of benzene rings is 1. The minimum Gasteiger partial charge on any atom is -0.345 e. The molecular weight excluding hydrogens is 210 g/mol.